The molecule has 1 saturated heterocycles. The van der Waals surface area contributed by atoms with Crippen molar-refractivity contribution in [3.8, 4) is 11.5 Å². The number of aromatic amines is 1. The molecule has 0 saturated carbocycles. The molecule has 4 aromatic rings. The number of ether oxygens (including phenoxy) is 1. The Morgan fingerprint density at radius 3 is 2.93 bits per heavy atom. The number of nitrogens with zero attached hydrogens (tertiary/aromatic N) is 3. The monoisotopic (exact) mass is 420 g/mol. The van der Waals surface area contributed by atoms with Crippen LogP contribution >= 0.6 is 11.3 Å². The van der Waals surface area contributed by atoms with Crippen molar-refractivity contribution in [1.82, 2.24) is 19.9 Å². The molecular weight excluding hydrogens is 400 g/mol. The zero-order valence-corrected chi connectivity index (χ0v) is 17.3. The highest BCUT2D eigenvalue weighted by molar-refractivity contribution is 7.17. The molecule has 1 amide bonds. The first-order valence-corrected chi connectivity index (χ1v) is 10.7. The van der Waals surface area contributed by atoms with Gasteiger partial charge in [-0.15, -0.1) is 11.3 Å². The van der Waals surface area contributed by atoms with E-state index in [4.69, 9.17) is 4.74 Å². The van der Waals surface area contributed by atoms with Gasteiger partial charge < -0.3 is 14.6 Å². The van der Waals surface area contributed by atoms with Gasteiger partial charge >= 0.3 is 0 Å². The number of fused-ring (bicyclic) bond motifs is 2. The van der Waals surface area contributed by atoms with Crippen molar-refractivity contribution in [3.05, 3.63) is 57.3 Å². The zero-order valence-electron chi connectivity index (χ0n) is 16.5. The second-order valence-corrected chi connectivity index (χ2v) is 8.37. The summed E-state index contributed by atoms with van der Waals surface area (Å²) in [6.45, 7) is 4.27. The Balaban J connectivity index is 1.50. The van der Waals surface area contributed by atoms with E-state index in [0.29, 0.717) is 48.7 Å². The maximum absolute atomic E-state index is 12.8. The molecule has 1 N–H and O–H groups in total. The minimum Gasteiger partial charge on any atom is -0.378 e. The van der Waals surface area contributed by atoms with E-state index in [1.807, 2.05) is 30.5 Å². The average molecular weight is 420 g/mol. The number of carbonyl (C=O) groups excluding carboxylic acids is 1. The number of rotatable bonds is 3. The number of aryl methyl sites for hydroxylation is 1. The smallest absolute Gasteiger partial charge is 0.259 e. The molecule has 1 aliphatic heterocycles. The third-order valence-corrected chi connectivity index (χ3v) is 6.24. The molecular formula is C22H20N4O3S. The Hall–Kier alpha value is -3.10. The summed E-state index contributed by atoms with van der Waals surface area (Å²) in [5.41, 5.74) is 2.71. The fourth-order valence-corrected chi connectivity index (χ4v) is 4.60. The molecule has 0 unspecified atom stereocenters. The van der Waals surface area contributed by atoms with Gasteiger partial charge in [0.1, 0.15) is 5.69 Å². The van der Waals surface area contributed by atoms with Crippen molar-refractivity contribution in [1.29, 1.82) is 0 Å². The van der Waals surface area contributed by atoms with Crippen LogP contribution in [0, 0.1) is 6.92 Å². The highest BCUT2D eigenvalue weighted by Gasteiger charge is 2.18. The van der Waals surface area contributed by atoms with Gasteiger partial charge in [0.05, 0.1) is 30.5 Å². The number of nitrogens with one attached hydrogen (secondary N) is 1. The van der Waals surface area contributed by atoms with E-state index in [2.05, 4.69) is 15.0 Å². The van der Waals surface area contributed by atoms with Crippen LogP contribution in [0.25, 0.3) is 32.5 Å². The Morgan fingerprint density at radius 2 is 2.10 bits per heavy atom. The van der Waals surface area contributed by atoms with E-state index in [0.717, 1.165) is 21.2 Å². The molecule has 4 heterocycles. The van der Waals surface area contributed by atoms with Crippen LogP contribution in [0.5, 0.6) is 0 Å². The predicted octanol–water partition coefficient (Wildman–Crippen LogP) is 2.91. The molecule has 0 radical (unpaired) electrons. The summed E-state index contributed by atoms with van der Waals surface area (Å²) in [6.07, 6.45) is 2.05. The largest absolute Gasteiger partial charge is 0.378 e. The molecule has 5 rings (SSSR count). The first-order valence-electron chi connectivity index (χ1n) is 9.81. The second-order valence-electron chi connectivity index (χ2n) is 7.42. The SMILES string of the molecule is Cc1cc(CC(=O)N2CCOCC2)cc2c(=O)[nH]c(-c3cc4sccc4cn3)nc12. The van der Waals surface area contributed by atoms with Gasteiger partial charge in [0, 0.05) is 29.4 Å². The summed E-state index contributed by atoms with van der Waals surface area (Å²) in [5.74, 6) is 0.495. The molecule has 0 atom stereocenters. The van der Waals surface area contributed by atoms with Crippen LogP contribution in [-0.2, 0) is 16.0 Å². The summed E-state index contributed by atoms with van der Waals surface area (Å²) in [6, 6.07) is 7.66. The Kier molecular flexibility index (Phi) is 4.80. The molecule has 30 heavy (non-hydrogen) atoms. The van der Waals surface area contributed by atoms with Crippen molar-refractivity contribution in [2.24, 2.45) is 0 Å². The number of morpholine rings is 1. The fourth-order valence-electron chi connectivity index (χ4n) is 3.80. The number of aromatic nitrogens is 3. The lowest BCUT2D eigenvalue weighted by atomic mass is 10.0. The summed E-state index contributed by atoms with van der Waals surface area (Å²) < 4.78 is 6.40. The van der Waals surface area contributed by atoms with Crippen LogP contribution < -0.4 is 5.56 Å². The molecule has 0 bridgehead atoms. The minimum absolute atomic E-state index is 0.0477. The van der Waals surface area contributed by atoms with Crippen LogP contribution in [0.3, 0.4) is 0 Å². The minimum atomic E-state index is -0.230. The van der Waals surface area contributed by atoms with Gasteiger partial charge in [0.2, 0.25) is 5.91 Å². The van der Waals surface area contributed by atoms with Crippen LogP contribution in [0.2, 0.25) is 0 Å². The average Bonchev–Trinajstić information content (AvgIpc) is 3.23. The third kappa shape index (κ3) is 3.48. The standard InChI is InChI=1S/C22H20N4O3S/c1-13-8-14(10-19(27)26-3-5-29-6-4-26)9-16-20(13)24-21(25-22(16)28)17-11-18-15(12-23-17)2-7-30-18/h2,7-9,11-12H,3-6,10H2,1H3,(H,24,25,28). The molecule has 8 heteroatoms. The first kappa shape index (κ1) is 18.9. The van der Waals surface area contributed by atoms with Crippen molar-refractivity contribution >= 4 is 38.2 Å². The van der Waals surface area contributed by atoms with E-state index < -0.39 is 0 Å². The molecule has 0 aliphatic carbocycles. The number of amides is 1. The third-order valence-electron chi connectivity index (χ3n) is 5.36. The number of benzene rings is 1. The number of thiophene rings is 1. The summed E-state index contributed by atoms with van der Waals surface area (Å²) >= 11 is 1.62. The van der Waals surface area contributed by atoms with Crippen LogP contribution in [0.4, 0.5) is 0 Å². The molecule has 0 spiro atoms. The summed E-state index contributed by atoms with van der Waals surface area (Å²) in [7, 11) is 0. The number of hydrogen-bond acceptors (Lipinski definition) is 6. The van der Waals surface area contributed by atoms with Gasteiger partial charge in [0.25, 0.3) is 5.56 Å². The lowest BCUT2D eigenvalue weighted by Gasteiger charge is -2.27. The van der Waals surface area contributed by atoms with Gasteiger partial charge in [-0.05, 0) is 41.6 Å². The number of pyridine rings is 1. The normalized spacial score (nSPS) is 14.5. The molecule has 1 fully saturated rings. The Morgan fingerprint density at radius 1 is 1.27 bits per heavy atom. The second kappa shape index (κ2) is 7.62. The maximum atomic E-state index is 12.8. The maximum Gasteiger partial charge on any atom is 0.259 e. The van der Waals surface area contributed by atoms with Crippen molar-refractivity contribution < 1.29 is 9.53 Å². The molecule has 7 nitrogen and oxygen atoms in total. The quantitative estimate of drug-likeness (QED) is 0.551. The Labute approximate surface area is 176 Å². The van der Waals surface area contributed by atoms with Gasteiger partial charge in [-0.2, -0.15) is 0 Å². The van der Waals surface area contributed by atoms with Crippen molar-refractivity contribution in [2.45, 2.75) is 13.3 Å². The number of hydrogen-bond donors (Lipinski definition) is 1. The van der Waals surface area contributed by atoms with Gasteiger partial charge in [0.15, 0.2) is 5.82 Å². The van der Waals surface area contributed by atoms with E-state index in [-0.39, 0.29) is 17.9 Å². The highest BCUT2D eigenvalue weighted by atomic mass is 32.1. The Bertz CT molecular complexity index is 1320. The predicted molar refractivity (Wildman–Crippen MR) is 117 cm³/mol. The van der Waals surface area contributed by atoms with Crippen LogP contribution in [0.1, 0.15) is 11.1 Å². The van der Waals surface area contributed by atoms with Gasteiger partial charge in [-0.25, -0.2) is 4.98 Å². The first-order chi connectivity index (χ1) is 14.6. The molecule has 3 aromatic heterocycles. The van der Waals surface area contributed by atoms with Gasteiger partial charge in [-0.1, -0.05) is 6.07 Å². The van der Waals surface area contributed by atoms with E-state index in [9.17, 15) is 9.59 Å². The lowest BCUT2D eigenvalue weighted by molar-refractivity contribution is -0.134. The topological polar surface area (TPSA) is 88.2 Å². The lowest BCUT2D eigenvalue weighted by Crippen LogP contribution is -2.41. The fraction of sp³-hybridized carbons (Fsp3) is 0.273. The highest BCUT2D eigenvalue weighted by Crippen LogP contribution is 2.25. The van der Waals surface area contributed by atoms with Crippen molar-refractivity contribution in [2.75, 3.05) is 26.3 Å². The zero-order chi connectivity index (χ0) is 20.7. The molecule has 152 valence electrons. The van der Waals surface area contributed by atoms with E-state index in [1.54, 1.807) is 28.5 Å². The molecule has 1 aromatic carbocycles. The van der Waals surface area contributed by atoms with E-state index in [1.165, 1.54) is 0 Å². The molecule has 1 aliphatic rings. The van der Waals surface area contributed by atoms with E-state index >= 15 is 0 Å². The van der Waals surface area contributed by atoms with Crippen molar-refractivity contribution in [3.63, 3.8) is 0 Å². The van der Waals surface area contributed by atoms with Gasteiger partial charge in [-0.3, -0.25) is 14.6 Å². The number of H-pyrrole nitrogens is 1. The summed E-state index contributed by atoms with van der Waals surface area (Å²) in [5, 5.41) is 3.56. The number of carbonyl (C=O) groups is 1. The summed E-state index contributed by atoms with van der Waals surface area (Å²) in [4.78, 5) is 39.2. The van der Waals surface area contributed by atoms with Crippen LogP contribution in [0.15, 0.2) is 40.6 Å². The van der Waals surface area contributed by atoms with Crippen LogP contribution in [-0.4, -0.2) is 52.1 Å².